The van der Waals surface area contributed by atoms with Crippen LogP contribution in [0.1, 0.15) is 24.5 Å². The monoisotopic (exact) mass is 177 g/mol. The summed E-state index contributed by atoms with van der Waals surface area (Å²) >= 11 is 0. The van der Waals surface area contributed by atoms with Crippen molar-refractivity contribution in [3.63, 3.8) is 0 Å². The Morgan fingerprint density at radius 1 is 1.46 bits per heavy atom. The molecule has 13 heavy (non-hydrogen) atoms. The molecule has 1 aromatic heterocycles. The smallest absolute Gasteiger partial charge is 0.0921 e. The molecular formula is C10H15N3. The molecular weight excluding hydrogens is 162 g/mol. The van der Waals surface area contributed by atoms with Crippen LogP contribution in [0.2, 0.25) is 0 Å². The second-order valence-corrected chi connectivity index (χ2v) is 4.27. The van der Waals surface area contributed by atoms with Crippen LogP contribution in [0.3, 0.4) is 0 Å². The predicted molar refractivity (Wildman–Crippen MR) is 50.4 cm³/mol. The molecule has 0 amide bonds. The van der Waals surface area contributed by atoms with Crippen molar-refractivity contribution in [1.29, 1.82) is 0 Å². The number of hydrogen-bond acceptors (Lipinski definition) is 2. The van der Waals surface area contributed by atoms with E-state index in [2.05, 4.69) is 15.3 Å². The highest BCUT2D eigenvalue weighted by Crippen LogP contribution is 2.48. The van der Waals surface area contributed by atoms with E-state index in [0.717, 1.165) is 17.8 Å². The molecule has 1 saturated heterocycles. The lowest BCUT2D eigenvalue weighted by Gasteiger charge is -2.47. The van der Waals surface area contributed by atoms with Crippen LogP contribution in [0.4, 0.5) is 0 Å². The van der Waals surface area contributed by atoms with Crippen molar-refractivity contribution in [3.8, 4) is 0 Å². The van der Waals surface area contributed by atoms with Crippen LogP contribution in [0, 0.1) is 11.8 Å². The van der Waals surface area contributed by atoms with Crippen LogP contribution in [0.5, 0.6) is 0 Å². The summed E-state index contributed by atoms with van der Waals surface area (Å²) in [5.74, 6) is 2.60. The maximum absolute atomic E-state index is 4.09. The number of piperidine rings is 1. The van der Waals surface area contributed by atoms with Gasteiger partial charge in [0, 0.05) is 17.8 Å². The molecule has 2 N–H and O–H groups in total. The number of nitrogens with zero attached hydrogens (tertiary/aromatic N) is 1. The predicted octanol–water partition coefficient (Wildman–Crippen LogP) is 1.12. The second kappa shape index (κ2) is 2.84. The molecule has 0 radical (unpaired) electrons. The first-order valence-electron chi connectivity index (χ1n) is 5.14. The number of rotatable bonds is 1. The first kappa shape index (κ1) is 7.56. The zero-order chi connectivity index (χ0) is 8.67. The highest BCUT2D eigenvalue weighted by Gasteiger charge is 2.43. The summed E-state index contributed by atoms with van der Waals surface area (Å²) < 4.78 is 0. The molecule has 1 aliphatic heterocycles. The molecule has 0 spiro atoms. The third-order valence-corrected chi connectivity index (χ3v) is 3.67. The van der Waals surface area contributed by atoms with Gasteiger partial charge in [0.15, 0.2) is 0 Å². The van der Waals surface area contributed by atoms with Crippen molar-refractivity contribution < 1.29 is 0 Å². The van der Waals surface area contributed by atoms with Crippen molar-refractivity contribution in [3.05, 3.63) is 18.2 Å². The number of imidazole rings is 1. The zero-order valence-electron chi connectivity index (χ0n) is 7.66. The van der Waals surface area contributed by atoms with Gasteiger partial charge in [-0.05, 0) is 37.8 Å². The van der Waals surface area contributed by atoms with E-state index in [4.69, 9.17) is 0 Å². The largest absolute Gasteiger partial charge is 0.348 e. The molecule has 2 heterocycles. The molecule has 0 aromatic carbocycles. The molecule has 3 heteroatoms. The molecule has 0 bridgehead atoms. The maximum atomic E-state index is 4.09. The Morgan fingerprint density at radius 2 is 2.46 bits per heavy atom. The van der Waals surface area contributed by atoms with Gasteiger partial charge in [-0.3, -0.25) is 0 Å². The molecule has 1 aromatic rings. The van der Waals surface area contributed by atoms with Gasteiger partial charge in [0.25, 0.3) is 0 Å². The Hall–Kier alpha value is -0.830. The molecule has 3 nitrogen and oxygen atoms in total. The van der Waals surface area contributed by atoms with E-state index in [1.807, 2.05) is 6.20 Å². The van der Waals surface area contributed by atoms with Crippen molar-refractivity contribution in [2.75, 3.05) is 13.1 Å². The normalized spacial score (nSPS) is 38.0. The average Bonchev–Trinajstić information content (AvgIpc) is 2.60. The van der Waals surface area contributed by atoms with E-state index >= 15 is 0 Å². The lowest BCUT2D eigenvalue weighted by molar-refractivity contribution is 0.0912. The van der Waals surface area contributed by atoms with Crippen LogP contribution < -0.4 is 5.32 Å². The Labute approximate surface area is 78.0 Å². The first-order valence-corrected chi connectivity index (χ1v) is 5.14. The molecule has 1 aliphatic carbocycles. The van der Waals surface area contributed by atoms with E-state index in [1.54, 1.807) is 6.33 Å². The van der Waals surface area contributed by atoms with Gasteiger partial charge in [0.1, 0.15) is 0 Å². The third-order valence-electron chi connectivity index (χ3n) is 3.67. The number of aromatic amines is 1. The van der Waals surface area contributed by atoms with Gasteiger partial charge < -0.3 is 10.3 Å². The van der Waals surface area contributed by atoms with Crippen LogP contribution in [-0.2, 0) is 0 Å². The highest BCUT2D eigenvalue weighted by molar-refractivity contribution is 5.13. The Morgan fingerprint density at radius 3 is 3.23 bits per heavy atom. The quantitative estimate of drug-likeness (QED) is 0.675. The summed E-state index contributed by atoms with van der Waals surface area (Å²) in [5, 5.41) is 3.47. The van der Waals surface area contributed by atoms with Crippen LogP contribution >= 0.6 is 0 Å². The lowest BCUT2D eigenvalue weighted by Crippen LogP contribution is -2.47. The summed E-state index contributed by atoms with van der Waals surface area (Å²) in [5.41, 5.74) is 1.34. The summed E-state index contributed by atoms with van der Waals surface area (Å²) in [7, 11) is 0. The summed E-state index contributed by atoms with van der Waals surface area (Å²) in [6.07, 6.45) is 6.51. The van der Waals surface area contributed by atoms with Gasteiger partial charge in [-0.25, -0.2) is 4.98 Å². The summed E-state index contributed by atoms with van der Waals surface area (Å²) in [6, 6.07) is 0. The van der Waals surface area contributed by atoms with E-state index in [9.17, 15) is 0 Å². The number of H-pyrrole nitrogens is 1. The van der Waals surface area contributed by atoms with Gasteiger partial charge in [0.2, 0.25) is 0 Å². The van der Waals surface area contributed by atoms with Crippen molar-refractivity contribution in [1.82, 2.24) is 15.3 Å². The van der Waals surface area contributed by atoms with Gasteiger partial charge >= 0.3 is 0 Å². The van der Waals surface area contributed by atoms with E-state index in [1.165, 1.54) is 31.6 Å². The van der Waals surface area contributed by atoms with Crippen molar-refractivity contribution >= 4 is 0 Å². The number of nitrogens with one attached hydrogen (secondary N) is 2. The minimum Gasteiger partial charge on any atom is -0.348 e. The minimum atomic E-state index is 0.750. The molecule has 1 saturated carbocycles. The standard InChI is InChI=1S/C10H15N3/c1-2-11-4-9-7(1)3-8(9)10-5-12-6-13-10/h5-9,11H,1-4H2,(H,12,13)/t7-,8-,9-/m0/s1. The number of fused-ring (bicyclic) bond motifs is 1. The Kier molecular flexibility index (Phi) is 1.65. The molecule has 70 valence electrons. The second-order valence-electron chi connectivity index (χ2n) is 4.27. The fourth-order valence-electron chi connectivity index (χ4n) is 2.83. The lowest BCUT2D eigenvalue weighted by atomic mass is 9.61. The SMILES string of the molecule is c1ncc([C@H]2C[C@@H]3CCNC[C@@H]32)[nH]1. The van der Waals surface area contributed by atoms with E-state index < -0.39 is 0 Å². The fraction of sp³-hybridized carbons (Fsp3) is 0.700. The molecule has 2 fully saturated rings. The van der Waals surface area contributed by atoms with Gasteiger partial charge in [0.05, 0.1) is 6.33 Å². The molecule has 3 rings (SSSR count). The average molecular weight is 177 g/mol. The van der Waals surface area contributed by atoms with Crippen molar-refractivity contribution in [2.24, 2.45) is 11.8 Å². The third kappa shape index (κ3) is 1.10. The maximum Gasteiger partial charge on any atom is 0.0921 e. The zero-order valence-corrected chi connectivity index (χ0v) is 7.66. The van der Waals surface area contributed by atoms with Crippen LogP contribution in [-0.4, -0.2) is 23.1 Å². The Bertz CT molecular complexity index is 280. The van der Waals surface area contributed by atoms with Crippen LogP contribution in [0.15, 0.2) is 12.5 Å². The summed E-state index contributed by atoms with van der Waals surface area (Å²) in [4.78, 5) is 7.32. The van der Waals surface area contributed by atoms with Gasteiger partial charge in [-0.1, -0.05) is 0 Å². The van der Waals surface area contributed by atoms with Gasteiger partial charge in [-0.2, -0.15) is 0 Å². The number of hydrogen-bond donors (Lipinski definition) is 2. The summed E-state index contributed by atoms with van der Waals surface area (Å²) in [6.45, 7) is 2.42. The van der Waals surface area contributed by atoms with Crippen LogP contribution in [0.25, 0.3) is 0 Å². The first-order chi connectivity index (χ1) is 6.45. The molecule has 2 aliphatic rings. The molecule has 0 unspecified atom stereocenters. The van der Waals surface area contributed by atoms with E-state index in [0.29, 0.717) is 0 Å². The Balaban J connectivity index is 1.75. The number of aromatic nitrogens is 2. The topological polar surface area (TPSA) is 40.7 Å². The van der Waals surface area contributed by atoms with E-state index in [-0.39, 0.29) is 0 Å². The fourth-order valence-corrected chi connectivity index (χ4v) is 2.83. The van der Waals surface area contributed by atoms with Gasteiger partial charge in [-0.15, -0.1) is 0 Å². The minimum absolute atomic E-state index is 0.750. The van der Waals surface area contributed by atoms with Crippen molar-refractivity contribution in [2.45, 2.75) is 18.8 Å². The molecule has 3 atom stereocenters. The highest BCUT2D eigenvalue weighted by atomic mass is 14.9.